The molecule has 0 fully saturated rings. The van der Waals surface area contributed by atoms with Crippen molar-refractivity contribution in [3.05, 3.63) is 16.0 Å². The predicted octanol–water partition coefficient (Wildman–Crippen LogP) is 3.72. The standard InChI is InChI=1S/C13H21NO2S/c1-7(2)9-8(3)17-11(14)10(9)12(15)16-13(4,5)6/h7H,14H2,1-6H3. The summed E-state index contributed by atoms with van der Waals surface area (Å²) in [6.45, 7) is 11.7. The lowest BCUT2D eigenvalue weighted by molar-refractivity contribution is 0.00697. The number of nitrogens with two attached hydrogens (primary N) is 1. The molecule has 1 heterocycles. The molecule has 17 heavy (non-hydrogen) atoms. The Morgan fingerprint density at radius 2 is 1.88 bits per heavy atom. The predicted molar refractivity (Wildman–Crippen MR) is 72.7 cm³/mol. The highest BCUT2D eigenvalue weighted by Crippen LogP contribution is 2.36. The monoisotopic (exact) mass is 255 g/mol. The second kappa shape index (κ2) is 4.69. The van der Waals surface area contributed by atoms with Crippen molar-refractivity contribution in [1.82, 2.24) is 0 Å². The van der Waals surface area contributed by atoms with Gasteiger partial charge in [-0.05, 0) is 39.2 Å². The van der Waals surface area contributed by atoms with Crippen molar-refractivity contribution in [2.45, 2.75) is 53.1 Å². The summed E-state index contributed by atoms with van der Waals surface area (Å²) in [5, 5.41) is 0.556. The number of ether oxygens (including phenoxy) is 1. The minimum Gasteiger partial charge on any atom is -0.456 e. The molecule has 2 N–H and O–H groups in total. The molecule has 96 valence electrons. The lowest BCUT2D eigenvalue weighted by Gasteiger charge is -2.20. The number of carbonyl (C=O) groups excluding carboxylic acids is 1. The number of nitrogen functional groups attached to an aromatic ring is 1. The van der Waals surface area contributed by atoms with Gasteiger partial charge in [-0.25, -0.2) is 4.79 Å². The van der Waals surface area contributed by atoms with Crippen LogP contribution in [0.15, 0.2) is 0 Å². The number of rotatable bonds is 2. The first kappa shape index (κ1) is 14.0. The molecule has 1 aromatic heterocycles. The maximum atomic E-state index is 12.1. The molecule has 0 aliphatic carbocycles. The van der Waals surface area contributed by atoms with Crippen LogP contribution in [-0.4, -0.2) is 11.6 Å². The van der Waals surface area contributed by atoms with E-state index in [-0.39, 0.29) is 11.9 Å². The molecule has 0 radical (unpaired) electrons. The molecule has 0 amide bonds. The zero-order valence-electron chi connectivity index (χ0n) is 11.4. The third-order valence-electron chi connectivity index (χ3n) is 2.34. The molecule has 0 bridgehead atoms. The lowest BCUT2D eigenvalue weighted by atomic mass is 9.99. The third-order valence-corrected chi connectivity index (χ3v) is 3.29. The first-order valence-electron chi connectivity index (χ1n) is 5.75. The van der Waals surface area contributed by atoms with Crippen LogP contribution in [-0.2, 0) is 4.74 Å². The summed E-state index contributed by atoms with van der Waals surface area (Å²) in [5.74, 6) is -0.0471. The van der Waals surface area contributed by atoms with Crippen molar-refractivity contribution >= 4 is 22.3 Å². The molecule has 0 spiro atoms. The van der Waals surface area contributed by atoms with Gasteiger partial charge in [-0.3, -0.25) is 0 Å². The molecule has 0 aliphatic rings. The van der Waals surface area contributed by atoms with E-state index in [4.69, 9.17) is 10.5 Å². The van der Waals surface area contributed by atoms with Gasteiger partial charge in [0.1, 0.15) is 10.6 Å². The summed E-state index contributed by atoms with van der Waals surface area (Å²) < 4.78 is 5.40. The summed E-state index contributed by atoms with van der Waals surface area (Å²) in [4.78, 5) is 13.2. The Balaban J connectivity index is 3.17. The van der Waals surface area contributed by atoms with E-state index in [2.05, 4.69) is 13.8 Å². The average molecular weight is 255 g/mol. The molecular formula is C13H21NO2S. The van der Waals surface area contributed by atoms with E-state index in [1.54, 1.807) is 0 Å². The Hall–Kier alpha value is -1.03. The van der Waals surface area contributed by atoms with Gasteiger partial charge in [-0.2, -0.15) is 0 Å². The maximum absolute atomic E-state index is 12.1. The van der Waals surface area contributed by atoms with Crippen LogP contribution in [0.1, 0.15) is 61.3 Å². The highest BCUT2D eigenvalue weighted by molar-refractivity contribution is 7.16. The SMILES string of the molecule is Cc1sc(N)c(C(=O)OC(C)(C)C)c1C(C)C. The smallest absolute Gasteiger partial charge is 0.341 e. The molecule has 4 heteroatoms. The van der Waals surface area contributed by atoms with Crippen LogP contribution in [0.3, 0.4) is 0 Å². The van der Waals surface area contributed by atoms with Crippen LogP contribution in [0.4, 0.5) is 5.00 Å². The summed E-state index contributed by atoms with van der Waals surface area (Å²) in [5.41, 5.74) is 6.99. The van der Waals surface area contributed by atoms with Crippen LogP contribution in [0.5, 0.6) is 0 Å². The second-order valence-corrected chi connectivity index (χ2v) is 6.72. The molecule has 0 saturated carbocycles. The van der Waals surface area contributed by atoms with Gasteiger partial charge in [0.05, 0.1) is 5.56 Å². The van der Waals surface area contributed by atoms with E-state index in [0.717, 1.165) is 10.4 Å². The van der Waals surface area contributed by atoms with Crippen LogP contribution < -0.4 is 5.73 Å². The minimum absolute atomic E-state index is 0.270. The van der Waals surface area contributed by atoms with Crippen molar-refractivity contribution in [3.8, 4) is 0 Å². The average Bonchev–Trinajstić information content (AvgIpc) is 2.37. The van der Waals surface area contributed by atoms with Gasteiger partial charge in [0, 0.05) is 4.88 Å². The van der Waals surface area contributed by atoms with Crippen LogP contribution in [0.2, 0.25) is 0 Å². The third kappa shape index (κ3) is 3.22. The molecule has 0 aromatic carbocycles. The molecule has 3 nitrogen and oxygen atoms in total. The van der Waals surface area contributed by atoms with Gasteiger partial charge in [0.2, 0.25) is 0 Å². The van der Waals surface area contributed by atoms with Crippen LogP contribution >= 0.6 is 11.3 Å². The number of esters is 1. The van der Waals surface area contributed by atoms with Crippen molar-refractivity contribution in [2.75, 3.05) is 5.73 Å². The van der Waals surface area contributed by atoms with Crippen molar-refractivity contribution < 1.29 is 9.53 Å². The quantitative estimate of drug-likeness (QED) is 0.819. The number of thiophene rings is 1. The normalized spacial score (nSPS) is 11.9. The molecule has 0 saturated heterocycles. The van der Waals surface area contributed by atoms with Gasteiger partial charge < -0.3 is 10.5 Å². The molecule has 0 unspecified atom stereocenters. The van der Waals surface area contributed by atoms with E-state index >= 15 is 0 Å². The number of aryl methyl sites for hydroxylation is 1. The Bertz CT molecular complexity index is 427. The van der Waals surface area contributed by atoms with Crippen molar-refractivity contribution in [1.29, 1.82) is 0 Å². The number of carbonyl (C=O) groups is 1. The van der Waals surface area contributed by atoms with E-state index in [0.29, 0.717) is 10.6 Å². The fourth-order valence-corrected chi connectivity index (χ4v) is 2.89. The zero-order chi connectivity index (χ0) is 13.4. The Labute approximate surface area is 107 Å². The Kier molecular flexibility index (Phi) is 3.87. The first-order chi connectivity index (χ1) is 7.63. The van der Waals surface area contributed by atoms with Crippen molar-refractivity contribution in [2.24, 2.45) is 0 Å². The molecule has 0 atom stereocenters. The van der Waals surface area contributed by atoms with Gasteiger partial charge in [0.25, 0.3) is 0 Å². The molecule has 1 rings (SSSR count). The highest BCUT2D eigenvalue weighted by Gasteiger charge is 2.26. The number of anilines is 1. The molecule has 0 aliphatic heterocycles. The summed E-state index contributed by atoms with van der Waals surface area (Å²) in [6, 6.07) is 0. The Morgan fingerprint density at radius 1 is 1.35 bits per heavy atom. The topological polar surface area (TPSA) is 52.3 Å². The molecular weight excluding hydrogens is 234 g/mol. The fraction of sp³-hybridized carbons (Fsp3) is 0.615. The second-order valence-electron chi connectivity index (χ2n) is 5.47. The lowest BCUT2D eigenvalue weighted by Crippen LogP contribution is -2.24. The summed E-state index contributed by atoms with van der Waals surface area (Å²) in [7, 11) is 0. The largest absolute Gasteiger partial charge is 0.456 e. The first-order valence-corrected chi connectivity index (χ1v) is 6.57. The molecule has 1 aromatic rings. The van der Waals surface area contributed by atoms with E-state index in [1.165, 1.54) is 11.3 Å². The van der Waals surface area contributed by atoms with Crippen molar-refractivity contribution in [3.63, 3.8) is 0 Å². The summed E-state index contributed by atoms with van der Waals surface area (Å²) >= 11 is 1.46. The van der Waals surface area contributed by atoms with Crippen LogP contribution in [0, 0.1) is 6.92 Å². The van der Waals surface area contributed by atoms with E-state index in [1.807, 2.05) is 27.7 Å². The highest BCUT2D eigenvalue weighted by atomic mass is 32.1. The van der Waals surface area contributed by atoms with Gasteiger partial charge in [0.15, 0.2) is 0 Å². The van der Waals surface area contributed by atoms with Crippen LogP contribution in [0.25, 0.3) is 0 Å². The number of hydrogen-bond acceptors (Lipinski definition) is 4. The zero-order valence-corrected chi connectivity index (χ0v) is 12.2. The number of hydrogen-bond donors (Lipinski definition) is 1. The Morgan fingerprint density at radius 3 is 2.29 bits per heavy atom. The summed E-state index contributed by atoms with van der Waals surface area (Å²) in [6.07, 6.45) is 0. The fourth-order valence-electron chi connectivity index (χ4n) is 1.81. The maximum Gasteiger partial charge on any atom is 0.341 e. The van der Waals surface area contributed by atoms with Gasteiger partial charge in [-0.15, -0.1) is 11.3 Å². The van der Waals surface area contributed by atoms with E-state index in [9.17, 15) is 4.79 Å². The van der Waals surface area contributed by atoms with E-state index < -0.39 is 5.60 Å². The van der Waals surface area contributed by atoms with Gasteiger partial charge >= 0.3 is 5.97 Å². The minimum atomic E-state index is -0.492. The van der Waals surface area contributed by atoms with Gasteiger partial charge in [-0.1, -0.05) is 13.8 Å².